The van der Waals surface area contributed by atoms with Gasteiger partial charge in [0.25, 0.3) is 0 Å². The number of benzene rings is 2. The van der Waals surface area contributed by atoms with Crippen molar-refractivity contribution < 1.29 is 8.78 Å². The first-order valence-electron chi connectivity index (χ1n) is 8.11. The van der Waals surface area contributed by atoms with Crippen LogP contribution in [0.2, 0.25) is 0 Å². The second kappa shape index (κ2) is 6.47. The summed E-state index contributed by atoms with van der Waals surface area (Å²) in [6, 6.07) is 15.5. The minimum absolute atomic E-state index is 0.147. The van der Waals surface area contributed by atoms with Crippen molar-refractivity contribution in [2.75, 3.05) is 10.6 Å². The Morgan fingerprint density at radius 2 is 1.60 bits per heavy atom. The van der Waals surface area contributed by atoms with Gasteiger partial charge >= 0.3 is 0 Å². The molecule has 1 aromatic heterocycles. The Bertz CT molecular complexity index is 875. The van der Waals surface area contributed by atoms with Gasteiger partial charge in [0.1, 0.15) is 23.1 Å². The van der Waals surface area contributed by atoms with Crippen LogP contribution in [0.5, 0.6) is 0 Å². The van der Waals surface area contributed by atoms with E-state index in [1.165, 1.54) is 18.2 Å². The smallest absolute Gasteiger partial charge is 0.229 e. The molecule has 3 aromatic rings. The van der Waals surface area contributed by atoms with Crippen LogP contribution in [0, 0.1) is 11.6 Å². The second-order valence-electron chi connectivity index (χ2n) is 5.97. The van der Waals surface area contributed by atoms with Gasteiger partial charge in [0.05, 0.1) is 5.69 Å². The van der Waals surface area contributed by atoms with Crippen molar-refractivity contribution in [3.05, 3.63) is 66.2 Å². The third-order valence-electron chi connectivity index (χ3n) is 3.92. The molecule has 1 fully saturated rings. The third-order valence-corrected chi connectivity index (χ3v) is 3.92. The average Bonchev–Trinajstić information content (AvgIpc) is 3.43. The Morgan fingerprint density at radius 3 is 2.28 bits per heavy atom. The lowest BCUT2D eigenvalue weighted by atomic mass is 10.1. The molecule has 0 atom stereocenters. The number of halogens is 2. The molecule has 4 rings (SSSR count). The lowest BCUT2D eigenvalue weighted by molar-refractivity contribution is 0.590. The van der Waals surface area contributed by atoms with Gasteiger partial charge in [-0.15, -0.1) is 0 Å². The second-order valence-corrected chi connectivity index (χ2v) is 5.97. The first-order chi connectivity index (χ1) is 12.2. The van der Waals surface area contributed by atoms with Crippen LogP contribution in [0.4, 0.5) is 26.2 Å². The molecular formula is C19H16F2N4. The molecule has 1 saturated carbocycles. The van der Waals surface area contributed by atoms with E-state index in [-0.39, 0.29) is 11.6 Å². The van der Waals surface area contributed by atoms with Gasteiger partial charge in [0, 0.05) is 17.7 Å². The van der Waals surface area contributed by atoms with Gasteiger partial charge < -0.3 is 10.6 Å². The fourth-order valence-electron chi connectivity index (χ4n) is 2.50. The summed E-state index contributed by atoms with van der Waals surface area (Å²) in [4.78, 5) is 8.76. The predicted molar refractivity (Wildman–Crippen MR) is 93.8 cm³/mol. The molecule has 126 valence electrons. The number of nitrogens with one attached hydrogen (secondary N) is 2. The van der Waals surface area contributed by atoms with E-state index >= 15 is 0 Å². The van der Waals surface area contributed by atoms with Crippen LogP contribution < -0.4 is 10.6 Å². The highest BCUT2D eigenvalue weighted by Gasteiger charge is 2.22. The topological polar surface area (TPSA) is 49.8 Å². The molecule has 6 heteroatoms. The van der Waals surface area contributed by atoms with Crippen molar-refractivity contribution in [1.29, 1.82) is 0 Å². The first-order valence-corrected chi connectivity index (χ1v) is 8.11. The molecule has 0 amide bonds. The van der Waals surface area contributed by atoms with Crippen LogP contribution >= 0.6 is 0 Å². The molecule has 0 saturated heterocycles. The summed E-state index contributed by atoms with van der Waals surface area (Å²) in [5, 5.41) is 5.98. The van der Waals surface area contributed by atoms with Crippen LogP contribution in [0.15, 0.2) is 54.6 Å². The van der Waals surface area contributed by atoms with Crippen LogP contribution in [0.25, 0.3) is 11.3 Å². The summed E-state index contributed by atoms with van der Waals surface area (Å²) in [5.41, 5.74) is 1.32. The van der Waals surface area contributed by atoms with Gasteiger partial charge in [-0.05, 0) is 25.0 Å². The van der Waals surface area contributed by atoms with Crippen molar-refractivity contribution in [3.8, 4) is 11.3 Å². The van der Waals surface area contributed by atoms with Crippen LogP contribution in [-0.4, -0.2) is 16.0 Å². The number of hydrogen-bond donors (Lipinski definition) is 2. The molecule has 0 aliphatic heterocycles. The fourth-order valence-corrected chi connectivity index (χ4v) is 2.50. The molecule has 4 nitrogen and oxygen atoms in total. The highest BCUT2D eigenvalue weighted by Crippen LogP contribution is 2.28. The number of nitrogens with zero attached hydrogens (tertiary/aromatic N) is 2. The SMILES string of the molecule is Fc1cccc(F)c1Nc1nc(NC2CC2)cc(-c2ccccc2)n1. The minimum atomic E-state index is -0.689. The van der Waals surface area contributed by atoms with Crippen molar-refractivity contribution in [3.63, 3.8) is 0 Å². The van der Waals surface area contributed by atoms with Crippen LogP contribution in [0.3, 0.4) is 0 Å². The summed E-state index contributed by atoms with van der Waals surface area (Å²) in [6.07, 6.45) is 2.19. The standard InChI is InChI=1S/C19H16F2N4/c20-14-7-4-8-15(21)18(14)25-19-23-16(12-5-2-1-3-6-12)11-17(24-19)22-13-9-10-13/h1-8,11,13H,9-10H2,(H2,22,23,24,25). The van der Waals surface area contributed by atoms with Gasteiger partial charge in [-0.2, -0.15) is 4.98 Å². The van der Waals surface area contributed by atoms with E-state index in [0.717, 1.165) is 18.4 Å². The van der Waals surface area contributed by atoms with E-state index in [1.807, 2.05) is 36.4 Å². The summed E-state index contributed by atoms with van der Waals surface area (Å²) in [5.74, 6) is -0.597. The molecule has 1 heterocycles. The van der Waals surface area contributed by atoms with E-state index in [1.54, 1.807) is 0 Å². The van der Waals surface area contributed by atoms with E-state index in [2.05, 4.69) is 20.6 Å². The lowest BCUT2D eigenvalue weighted by Gasteiger charge is -2.12. The maximum Gasteiger partial charge on any atom is 0.229 e. The lowest BCUT2D eigenvalue weighted by Crippen LogP contribution is -2.08. The first kappa shape index (κ1) is 15.5. The van der Waals surface area contributed by atoms with Gasteiger partial charge in [0.2, 0.25) is 5.95 Å². The molecule has 0 spiro atoms. The van der Waals surface area contributed by atoms with Crippen molar-refractivity contribution in [2.24, 2.45) is 0 Å². The maximum atomic E-state index is 13.9. The molecular weight excluding hydrogens is 322 g/mol. The summed E-state index contributed by atoms with van der Waals surface area (Å²) in [7, 11) is 0. The molecule has 0 unspecified atom stereocenters. The normalized spacial score (nSPS) is 13.5. The summed E-state index contributed by atoms with van der Waals surface area (Å²) >= 11 is 0. The summed E-state index contributed by atoms with van der Waals surface area (Å²) < 4.78 is 27.8. The average molecular weight is 338 g/mol. The van der Waals surface area contributed by atoms with Crippen LogP contribution in [-0.2, 0) is 0 Å². The maximum absolute atomic E-state index is 13.9. The quantitative estimate of drug-likeness (QED) is 0.705. The van der Waals surface area contributed by atoms with Gasteiger partial charge in [-0.3, -0.25) is 0 Å². The molecule has 2 aromatic carbocycles. The molecule has 1 aliphatic carbocycles. The zero-order chi connectivity index (χ0) is 17.2. The van der Waals surface area contributed by atoms with Gasteiger partial charge in [0.15, 0.2) is 0 Å². The Kier molecular flexibility index (Phi) is 4.01. The number of hydrogen-bond acceptors (Lipinski definition) is 4. The Morgan fingerprint density at radius 1 is 0.880 bits per heavy atom. The Hall–Kier alpha value is -3.02. The molecule has 2 N–H and O–H groups in total. The number of anilines is 3. The number of rotatable bonds is 5. The molecule has 25 heavy (non-hydrogen) atoms. The Labute approximate surface area is 144 Å². The largest absolute Gasteiger partial charge is 0.367 e. The van der Waals surface area contributed by atoms with Crippen LogP contribution in [0.1, 0.15) is 12.8 Å². The minimum Gasteiger partial charge on any atom is -0.367 e. The number of aromatic nitrogens is 2. The van der Waals surface area contributed by atoms with E-state index in [9.17, 15) is 8.78 Å². The predicted octanol–water partition coefficient (Wildman–Crippen LogP) is 4.74. The van der Waals surface area contributed by atoms with Crippen molar-refractivity contribution in [2.45, 2.75) is 18.9 Å². The summed E-state index contributed by atoms with van der Waals surface area (Å²) in [6.45, 7) is 0. The highest BCUT2D eigenvalue weighted by molar-refractivity contribution is 5.66. The molecule has 1 aliphatic rings. The highest BCUT2D eigenvalue weighted by atomic mass is 19.1. The zero-order valence-electron chi connectivity index (χ0n) is 13.3. The molecule has 0 radical (unpaired) electrons. The monoisotopic (exact) mass is 338 g/mol. The van der Waals surface area contributed by atoms with Gasteiger partial charge in [-0.25, -0.2) is 13.8 Å². The van der Waals surface area contributed by atoms with E-state index < -0.39 is 11.6 Å². The Balaban J connectivity index is 1.73. The third kappa shape index (κ3) is 3.57. The molecule has 0 bridgehead atoms. The van der Waals surface area contributed by atoms with Crippen molar-refractivity contribution in [1.82, 2.24) is 9.97 Å². The van der Waals surface area contributed by atoms with Crippen molar-refractivity contribution >= 4 is 17.5 Å². The number of para-hydroxylation sites is 1. The zero-order valence-corrected chi connectivity index (χ0v) is 13.3. The van der Waals surface area contributed by atoms with E-state index in [0.29, 0.717) is 17.6 Å². The van der Waals surface area contributed by atoms with Gasteiger partial charge in [-0.1, -0.05) is 36.4 Å². The van der Waals surface area contributed by atoms with E-state index in [4.69, 9.17) is 0 Å². The fraction of sp³-hybridized carbons (Fsp3) is 0.158.